The van der Waals surface area contributed by atoms with Crippen LogP contribution in [0.2, 0.25) is 0 Å². The van der Waals surface area contributed by atoms with Crippen molar-refractivity contribution in [3.05, 3.63) is 0 Å². The van der Waals surface area contributed by atoms with Crippen LogP contribution in [0.15, 0.2) is 0 Å². The predicted molar refractivity (Wildman–Crippen MR) is 64.2 cm³/mol. The normalized spacial score (nSPS) is 10.4. The Morgan fingerprint density at radius 1 is 0.938 bits per heavy atom. The van der Waals surface area contributed by atoms with Gasteiger partial charge in [0.05, 0.1) is 6.61 Å². The van der Waals surface area contributed by atoms with Gasteiger partial charge in [0.15, 0.2) is 6.67 Å². The summed E-state index contributed by atoms with van der Waals surface area (Å²) in [4.78, 5) is 10.5. The van der Waals surface area contributed by atoms with Crippen molar-refractivity contribution >= 4 is 5.97 Å². The molecule has 0 heterocycles. The van der Waals surface area contributed by atoms with E-state index in [1.807, 2.05) is 0 Å². The number of ether oxygens (including phenoxy) is 1. The van der Waals surface area contributed by atoms with E-state index in [1.54, 1.807) is 0 Å². The van der Waals surface area contributed by atoms with Crippen LogP contribution in [0.3, 0.4) is 0 Å². The van der Waals surface area contributed by atoms with E-state index in [9.17, 15) is 9.18 Å². The van der Waals surface area contributed by atoms with Gasteiger partial charge in [-0.2, -0.15) is 0 Å². The second kappa shape index (κ2) is 12.5. The molecule has 0 aliphatic carbocycles. The maximum absolute atomic E-state index is 11.7. The number of hydrogen-bond acceptors (Lipinski definition) is 2. The third kappa shape index (κ3) is 11.5. The van der Waals surface area contributed by atoms with Gasteiger partial charge in [-0.3, -0.25) is 0 Å². The summed E-state index contributed by atoms with van der Waals surface area (Å²) in [5.74, 6) is -0.737. The molecular weight excluding hydrogens is 207 g/mol. The highest BCUT2D eigenvalue weighted by atomic mass is 19.1. The van der Waals surface area contributed by atoms with Gasteiger partial charge in [0.2, 0.25) is 0 Å². The van der Waals surface area contributed by atoms with Gasteiger partial charge >= 0.3 is 5.97 Å². The minimum atomic E-state index is -1.00. The van der Waals surface area contributed by atoms with E-state index in [0.29, 0.717) is 6.61 Å². The molecule has 0 aromatic carbocycles. The van der Waals surface area contributed by atoms with E-state index in [4.69, 9.17) is 0 Å². The summed E-state index contributed by atoms with van der Waals surface area (Å²) in [7, 11) is 0. The summed E-state index contributed by atoms with van der Waals surface area (Å²) >= 11 is 0. The Labute approximate surface area is 98.6 Å². The number of rotatable bonds is 11. The Balaban J connectivity index is 2.96. The Morgan fingerprint density at radius 2 is 1.44 bits per heavy atom. The standard InChI is InChI=1S/C13H25FO2/c1-2-3-4-5-6-7-8-9-10-11-16-13(15)12-14/h2-12H2,1H3. The van der Waals surface area contributed by atoms with Crippen molar-refractivity contribution in [2.45, 2.75) is 64.7 Å². The topological polar surface area (TPSA) is 26.3 Å². The van der Waals surface area contributed by atoms with E-state index in [-0.39, 0.29) is 0 Å². The van der Waals surface area contributed by atoms with Crippen LogP contribution in [-0.2, 0) is 9.53 Å². The minimum Gasteiger partial charge on any atom is -0.464 e. The smallest absolute Gasteiger partial charge is 0.337 e. The fourth-order valence-electron chi connectivity index (χ4n) is 1.64. The molecule has 2 nitrogen and oxygen atoms in total. The molecule has 0 radical (unpaired) electrons. The summed E-state index contributed by atoms with van der Waals surface area (Å²) in [6.45, 7) is 1.59. The minimum absolute atomic E-state index is 0.374. The summed E-state index contributed by atoms with van der Waals surface area (Å²) in [6, 6.07) is 0. The van der Waals surface area contributed by atoms with E-state index in [1.165, 1.54) is 44.9 Å². The van der Waals surface area contributed by atoms with Crippen LogP contribution in [0.5, 0.6) is 0 Å². The molecule has 0 fully saturated rings. The van der Waals surface area contributed by atoms with Crippen LogP contribution in [0.25, 0.3) is 0 Å². The molecule has 0 aromatic heterocycles. The van der Waals surface area contributed by atoms with Crippen molar-refractivity contribution in [1.82, 2.24) is 0 Å². The summed E-state index contributed by atoms with van der Waals surface area (Å²) in [5.41, 5.74) is 0. The van der Waals surface area contributed by atoms with Crippen LogP contribution in [-0.4, -0.2) is 19.3 Å². The van der Waals surface area contributed by atoms with Gasteiger partial charge in [-0.05, 0) is 6.42 Å². The molecule has 0 saturated carbocycles. The lowest BCUT2D eigenvalue weighted by atomic mass is 10.1. The fraction of sp³-hybridized carbons (Fsp3) is 0.923. The second-order valence-electron chi connectivity index (χ2n) is 4.18. The molecule has 96 valence electrons. The highest BCUT2D eigenvalue weighted by Crippen LogP contribution is 2.09. The number of carbonyl (C=O) groups excluding carboxylic acids is 1. The van der Waals surface area contributed by atoms with Crippen molar-refractivity contribution in [2.24, 2.45) is 0 Å². The van der Waals surface area contributed by atoms with Crippen molar-refractivity contribution in [1.29, 1.82) is 0 Å². The number of halogens is 1. The van der Waals surface area contributed by atoms with Crippen molar-refractivity contribution in [3.63, 3.8) is 0 Å². The molecule has 0 spiro atoms. The zero-order valence-corrected chi connectivity index (χ0v) is 10.5. The van der Waals surface area contributed by atoms with Crippen molar-refractivity contribution in [3.8, 4) is 0 Å². The Bertz CT molecular complexity index is 160. The van der Waals surface area contributed by atoms with Crippen LogP contribution in [0, 0.1) is 0 Å². The first-order chi connectivity index (χ1) is 7.81. The summed E-state index contributed by atoms with van der Waals surface area (Å²) < 4.78 is 16.3. The van der Waals surface area contributed by atoms with Gasteiger partial charge in [0, 0.05) is 0 Å². The Morgan fingerprint density at radius 3 is 1.94 bits per heavy atom. The maximum atomic E-state index is 11.7. The average molecular weight is 232 g/mol. The van der Waals surface area contributed by atoms with E-state index in [0.717, 1.165) is 12.8 Å². The molecular formula is C13H25FO2. The monoisotopic (exact) mass is 232 g/mol. The zero-order chi connectivity index (χ0) is 12.1. The predicted octanol–water partition coefficient (Wildman–Crippen LogP) is 4.03. The number of carbonyl (C=O) groups is 1. The second-order valence-corrected chi connectivity index (χ2v) is 4.18. The first kappa shape index (κ1) is 15.4. The first-order valence-corrected chi connectivity index (χ1v) is 6.52. The quantitative estimate of drug-likeness (QED) is 0.397. The van der Waals surface area contributed by atoms with E-state index < -0.39 is 12.6 Å². The van der Waals surface area contributed by atoms with Crippen LogP contribution in [0.1, 0.15) is 64.7 Å². The van der Waals surface area contributed by atoms with Gasteiger partial charge in [0.1, 0.15) is 0 Å². The van der Waals surface area contributed by atoms with Gasteiger partial charge in [-0.25, -0.2) is 9.18 Å². The Hall–Kier alpha value is -0.600. The van der Waals surface area contributed by atoms with Crippen LogP contribution < -0.4 is 0 Å². The Kier molecular flexibility index (Phi) is 12.0. The first-order valence-electron chi connectivity index (χ1n) is 6.52. The highest BCUT2D eigenvalue weighted by molar-refractivity contribution is 5.70. The zero-order valence-electron chi connectivity index (χ0n) is 10.5. The molecule has 0 saturated heterocycles. The number of esters is 1. The lowest BCUT2D eigenvalue weighted by Gasteiger charge is -2.03. The highest BCUT2D eigenvalue weighted by Gasteiger charge is 1.99. The van der Waals surface area contributed by atoms with Gasteiger partial charge in [-0.1, -0.05) is 58.3 Å². The van der Waals surface area contributed by atoms with Crippen molar-refractivity contribution in [2.75, 3.05) is 13.3 Å². The number of hydrogen-bond donors (Lipinski definition) is 0. The molecule has 0 N–H and O–H groups in total. The van der Waals surface area contributed by atoms with Gasteiger partial charge in [0.25, 0.3) is 0 Å². The third-order valence-corrected chi connectivity index (χ3v) is 2.62. The molecule has 3 heteroatoms. The molecule has 0 rings (SSSR count). The SMILES string of the molecule is CCCCCCCCCCCOC(=O)CF. The molecule has 0 unspecified atom stereocenters. The van der Waals surface area contributed by atoms with Gasteiger partial charge < -0.3 is 4.74 Å². The molecule has 0 aromatic rings. The lowest BCUT2D eigenvalue weighted by Crippen LogP contribution is -2.07. The van der Waals surface area contributed by atoms with E-state index >= 15 is 0 Å². The summed E-state index contributed by atoms with van der Waals surface area (Å²) in [6.07, 6.45) is 11.0. The van der Waals surface area contributed by atoms with E-state index in [2.05, 4.69) is 11.7 Å². The molecule has 0 atom stereocenters. The number of unbranched alkanes of at least 4 members (excludes halogenated alkanes) is 8. The van der Waals surface area contributed by atoms with Crippen LogP contribution >= 0.6 is 0 Å². The maximum Gasteiger partial charge on any atom is 0.337 e. The molecule has 0 bridgehead atoms. The largest absolute Gasteiger partial charge is 0.464 e. The van der Waals surface area contributed by atoms with Crippen molar-refractivity contribution < 1.29 is 13.9 Å². The van der Waals surface area contributed by atoms with Gasteiger partial charge in [-0.15, -0.1) is 0 Å². The number of alkyl halides is 1. The average Bonchev–Trinajstić information content (AvgIpc) is 2.31. The van der Waals surface area contributed by atoms with Crippen LogP contribution in [0.4, 0.5) is 4.39 Å². The third-order valence-electron chi connectivity index (χ3n) is 2.62. The molecule has 16 heavy (non-hydrogen) atoms. The lowest BCUT2D eigenvalue weighted by molar-refractivity contribution is -0.144. The molecule has 0 amide bonds. The fourth-order valence-corrected chi connectivity index (χ4v) is 1.64. The molecule has 0 aliphatic heterocycles. The summed E-state index contributed by atoms with van der Waals surface area (Å²) in [5, 5.41) is 0. The molecule has 0 aliphatic rings.